The standard InChI is InChI=1S/C36H49N7O7S2/c1-9-16-39-27(46)11-15-34(5,38-8)23-35(6,30(49)42-22-25(3)44)26(45)21-36(7,31(50)41-18-13-28(47)40-17-10-2)33(4,24-37)14-12-29(48)43-19-20-52-32(43)51/h1-2,25,44H,11-23H2,3-7H3,(H,39,46)(H,40,47)(H,41,50)(H,42,49). The molecule has 1 saturated heterocycles. The molecular formula is C36H49N7O7S2. The number of ketones is 1. The molecule has 0 bridgehead atoms. The lowest BCUT2D eigenvalue weighted by Crippen LogP contribution is -2.55. The van der Waals surface area contributed by atoms with E-state index in [0.717, 1.165) is 0 Å². The van der Waals surface area contributed by atoms with Gasteiger partial charge in [-0.15, -0.1) is 12.8 Å². The normalized spacial score (nSPS) is 17.4. The predicted molar refractivity (Wildman–Crippen MR) is 200 cm³/mol. The van der Waals surface area contributed by atoms with Gasteiger partial charge in [-0.25, -0.2) is 6.57 Å². The number of aliphatic hydroxyl groups excluding tert-OH is 1. The smallest absolute Gasteiger partial charge is 0.233 e. The predicted octanol–water partition coefficient (Wildman–Crippen LogP) is 1.48. The second-order valence-corrected chi connectivity index (χ2v) is 15.4. The fourth-order valence-electron chi connectivity index (χ4n) is 5.64. The zero-order valence-electron chi connectivity index (χ0n) is 30.5. The van der Waals surface area contributed by atoms with E-state index in [2.05, 4.69) is 44.0 Å². The van der Waals surface area contributed by atoms with Crippen molar-refractivity contribution >= 4 is 63.6 Å². The molecule has 5 atom stereocenters. The van der Waals surface area contributed by atoms with Crippen molar-refractivity contribution < 1.29 is 33.9 Å². The van der Waals surface area contributed by atoms with E-state index < -0.39 is 63.7 Å². The highest BCUT2D eigenvalue weighted by Gasteiger charge is 2.56. The Kier molecular flexibility index (Phi) is 18.0. The number of thioether (sulfide) groups is 1. The van der Waals surface area contributed by atoms with Gasteiger partial charge >= 0.3 is 0 Å². The molecule has 52 heavy (non-hydrogen) atoms. The SMILES string of the molecule is [C-]#[N+]C(C)(CCC(=O)NCC#C)CC(C)(C(=O)CC(C)(C(=O)NCCC(=O)NCC#C)C(C)(C#N)CCC(=O)N1CCSC1=S)C(=O)NCC(C)O. The average Bonchev–Trinajstić information content (AvgIpc) is 3.55. The number of amides is 5. The topological polar surface area (TPSA) is 202 Å². The summed E-state index contributed by atoms with van der Waals surface area (Å²) >= 11 is 6.62. The van der Waals surface area contributed by atoms with Crippen molar-refractivity contribution in [3.05, 3.63) is 11.4 Å². The minimum atomic E-state index is -1.99. The molecule has 0 aromatic carbocycles. The molecule has 5 N–H and O–H groups in total. The van der Waals surface area contributed by atoms with Crippen molar-refractivity contribution in [3.63, 3.8) is 0 Å². The Balaban J connectivity index is 3.63. The third-order valence-corrected chi connectivity index (χ3v) is 10.8. The second kappa shape index (κ2) is 20.5. The highest BCUT2D eigenvalue weighted by atomic mass is 32.2. The van der Waals surface area contributed by atoms with Gasteiger partial charge in [0.15, 0.2) is 0 Å². The minimum Gasteiger partial charge on any atom is -0.392 e. The molecule has 1 aliphatic heterocycles. The van der Waals surface area contributed by atoms with Crippen LogP contribution in [0.25, 0.3) is 4.85 Å². The molecule has 16 heteroatoms. The number of carbonyl (C=O) groups is 6. The molecule has 0 saturated carbocycles. The molecule has 1 aliphatic rings. The van der Waals surface area contributed by atoms with Gasteiger partial charge in [-0.05, 0) is 34.1 Å². The van der Waals surface area contributed by atoms with Crippen molar-refractivity contribution in [2.75, 3.05) is 38.5 Å². The Morgan fingerprint density at radius 2 is 1.58 bits per heavy atom. The van der Waals surface area contributed by atoms with Gasteiger partial charge in [0, 0.05) is 70.8 Å². The van der Waals surface area contributed by atoms with E-state index in [0.29, 0.717) is 16.6 Å². The van der Waals surface area contributed by atoms with E-state index in [1.165, 1.54) is 51.3 Å². The number of nitrogens with zero attached hydrogens (tertiary/aromatic N) is 3. The number of thiocarbonyl (C=S) groups is 1. The summed E-state index contributed by atoms with van der Waals surface area (Å²) in [5, 5.41) is 30.7. The Morgan fingerprint density at radius 3 is 2.08 bits per heavy atom. The van der Waals surface area contributed by atoms with Crippen molar-refractivity contribution in [2.45, 2.75) is 91.2 Å². The van der Waals surface area contributed by atoms with Crippen LogP contribution in [0.4, 0.5) is 0 Å². The molecule has 0 aromatic rings. The maximum atomic E-state index is 14.6. The number of hydrogen-bond acceptors (Lipinski definition) is 10. The molecule has 14 nitrogen and oxygen atoms in total. The molecule has 0 aromatic heterocycles. The summed E-state index contributed by atoms with van der Waals surface area (Å²) in [5.74, 6) is 1.56. The lowest BCUT2D eigenvalue weighted by Gasteiger charge is -2.42. The van der Waals surface area contributed by atoms with Gasteiger partial charge in [0.25, 0.3) is 0 Å². The van der Waals surface area contributed by atoms with Crippen molar-refractivity contribution in [1.82, 2.24) is 26.2 Å². The van der Waals surface area contributed by atoms with E-state index in [4.69, 9.17) is 31.6 Å². The third kappa shape index (κ3) is 12.6. The van der Waals surface area contributed by atoms with E-state index in [-0.39, 0.29) is 70.6 Å². The maximum absolute atomic E-state index is 14.6. The first-order valence-corrected chi connectivity index (χ1v) is 18.1. The van der Waals surface area contributed by atoms with Crippen LogP contribution in [0.1, 0.15) is 79.6 Å². The summed E-state index contributed by atoms with van der Waals surface area (Å²) in [6.07, 6.45) is 7.66. The number of nitriles is 1. The summed E-state index contributed by atoms with van der Waals surface area (Å²) < 4.78 is 0.401. The zero-order chi connectivity index (χ0) is 39.8. The first-order valence-electron chi connectivity index (χ1n) is 16.7. The van der Waals surface area contributed by atoms with E-state index in [1.54, 1.807) is 0 Å². The van der Waals surface area contributed by atoms with Crippen LogP contribution in [0.15, 0.2) is 0 Å². The number of terminal acetylenes is 2. The lowest BCUT2D eigenvalue weighted by molar-refractivity contribution is -0.150. The van der Waals surface area contributed by atoms with Crippen LogP contribution in [0, 0.1) is 58.8 Å². The summed E-state index contributed by atoms with van der Waals surface area (Å²) in [7, 11) is 0. The first-order chi connectivity index (χ1) is 24.3. The van der Waals surface area contributed by atoms with E-state index >= 15 is 0 Å². The number of carbonyl (C=O) groups excluding carboxylic acids is 6. The van der Waals surface area contributed by atoms with Crippen LogP contribution in [-0.4, -0.2) is 99.8 Å². The summed E-state index contributed by atoms with van der Waals surface area (Å²) in [5.41, 5.74) is -6.99. The van der Waals surface area contributed by atoms with Crippen LogP contribution in [0.5, 0.6) is 0 Å². The molecule has 0 spiro atoms. The number of nitrogens with one attached hydrogen (secondary N) is 4. The molecule has 1 heterocycles. The van der Waals surface area contributed by atoms with Gasteiger partial charge in [-0.1, -0.05) is 35.8 Å². The quantitative estimate of drug-likeness (QED) is 0.0495. The highest BCUT2D eigenvalue weighted by molar-refractivity contribution is 8.23. The monoisotopic (exact) mass is 755 g/mol. The van der Waals surface area contributed by atoms with E-state index in [9.17, 15) is 39.1 Å². The van der Waals surface area contributed by atoms with Crippen molar-refractivity contribution in [1.29, 1.82) is 5.26 Å². The van der Waals surface area contributed by atoms with Crippen LogP contribution >= 0.6 is 24.0 Å². The minimum absolute atomic E-state index is 0.0192. The molecule has 282 valence electrons. The molecule has 1 fully saturated rings. The Hall–Kier alpha value is -4.48. The molecule has 5 amide bonds. The Labute approximate surface area is 316 Å². The van der Waals surface area contributed by atoms with Crippen LogP contribution in [-0.2, 0) is 28.8 Å². The Bertz CT molecular complexity index is 1560. The maximum Gasteiger partial charge on any atom is 0.233 e. The molecule has 0 aliphatic carbocycles. The number of Topliss-reactive ketones (excluding diaryl/α,β-unsaturated/α-hetero) is 1. The van der Waals surface area contributed by atoms with Gasteiger partial charge in [0.2, 0.25) is 35.1 Å². The van der Waals surface area contributed by atoms with Gasteiger partial charge in [0.05, 0.1) is 36.1 Å². The van der Waals surface area contributed by atoms with Crippen molar-refractivity contribution in [3.8, 4) is 30.8 Å². The highest BCUT2D eigenvalue weighted by Crippen LogP contribution is 2.48. The first kappa shape index (κ1) is 45.5. The summed E-state index contributed by atoms with van der Waals surface area (Å²) in [6.45, 7) is 15.0. The Morgan fingerprint density at radius 1 is 0.981 bits per heavy atom. The average molecular weight is 756 g/mol. The number of hydrogen-bond donors (Lipinski definition) is 5. The second-order valence-electron chi connectivity index (χ2n) is 13.7. The van der Waals surface area contributed by atoms with Gasteiger partial charge in [0.1, 0.15) is 15.5 Å². The number of rotatable bonds is 21. The van der Waals surface area contributed by atoms with Crippen LogP contribution in [0.2, 0.25) is 0 Å². The molecular weight excluding hydrogens is 707 g/mol. The fourth-order valence-corrected chi connectivity index (χ4v) is 6.88. The summed E-state index contributed by atoms with van der Waals surface area (Å²) in [6, 6.07) is 2.16. The van der Waals surface area contributed by atoms with Crippen LogP contribution in [0.3, 0.4) is 0 Å². The molecule has 0 radical (unpaired) electrons. The van der Waals surface area contributed by atoms with Crippen LogP contribution < -0.4 is 21.3 Å². The van der Waals surface area contributed by atoms with Crippen molar-refractivity contribution in [2.24, 2.45) is 16.2 Å². The molecule has 5 unspecified atom stereocenters. The van der Waals surface area contributed by atoms with Gasteiger partial charge in [-0.2, -0.15) is 5.26 Å². The summed E-state index contributed by atoms with van der Waals surface area (Å²) in [4.78, 5) is 85.4. The zero-order valence-corrected chi connectivity index (χ0v) is 32.1. The van der Waals surface area contributed by atoms with Gasteiger partial charge < -0.3 is 31.2 Å². The van der Waals surface area contributed by atoms with E-state index in [1.807, 2.05) is 0 Å². The lowest BCUT2D eigenvalue weighted by atomic mass is 9.58. The fraction of sp³-hybridized carbons (Fsp3) is 0.639. The number of aliphatic hydroxyl groups is 1. The van der Waals surface area contributed by atoms with Gasteiger partial charge in [-0.3, -0.25) is 33.7 Å². The molecule has 1 rings (SSSR count). The third-order valence-electron chi connectivity index (χ3n) is 9.36. The largest absolute Gasteiger partial charge is 0.392 e.